The van der Waals surface area contributed by atoms with E-state index in [0.717, 1.165) is 22.6 Å². The van der Waals surface area contributed by atoms with Gasteiger partial charge in [-0.15, -0.1) is 0 Å². The molecule has 2 aromatic heterocycles. The number of aromatic hydroxyl groups is 1. The van der Waals surface area contributed by atoms with Crippen LogP contribution in [0.1, 0.15) is 18.5 Å². The first kappa shape index (κ1) is 16.0. The summed E-state index contributed by atoms with van der Waals surface area (Å²) in [7, 11) is 0. The Balaban J connectivity index is 1.64. The van der Waals surface area contributed by atoms with Gasteiger partial charge in [0.05, 0.1) is 11.9 Å². The molecule has 4 rings (SSSR count). The van der Waals surface area contributed by atoms with Crippen LogP contribution in [0.5, 0.6) is 5.75 Å². The van der Waals surface area contributed by atoms with Crippen molar-refractivity contribution in [2.24, 2.45) is 0 Å². The van der Waals surface area contributed by atoms with Crippen molar-refractivity contribution in [1.82, 2.24) is 15.0 Å². The van der Waals surface area contributed by atoms with Crippen molar-refractivity contribution in [2.75, 3.05) is 5.32 Å². The third-order valence-electron chi connectivity index (χ3n) is 4.23. The molecule has 0 fully saturated rings. The Bertz CT molecular complexity index is 1030. The zero-order valence-corrected chi connectivity index (χ0v) is 14.3. The molecule has 0 aliphatic rings. The van der Waals surface area contributed by atoms with E-state index in [9.17, 15) is 5.11 Å². The van der Waals surface area contributed by atoms with Gasteiger partial charge in [0.15, 0.2) is 5.65 Å². The van der Waals surface area contributed by atoms with Gasteiger partial charge in [0.2, 0.25) is 0 Å². The topological polar surface area (TPSA) is 70.9 Å². The maximum Gasteiger partial charge on any atom is 0.180 e. The molecule has 26 heavy (non-hydrogen) atoms. The fourth-order valence-electron chi connectivity index (χ4n) is 2.80. The Morgan fingerprint density at radius 1 is 0.885 bits per heavy atom. The Morgan fingerprint density at radius 2 is 1.65 bits per heavy atom. The lowest BCUT2D eigenvalue weighted by molar-refractivity contribution is 0.475. The molecule has 0 saturated heterocycles. The highest BCUT2D eigenvalue weighted by molar-refractivity contribution is 5.75. The molecule has 0 saturated carbocycles. The van der Waals surface area contributed by atoms with E-state index in [-0.39, 0.29) is 11.8 Å². The van der Waals surface area contributed by atoms with E-state index >= 15 is 0 Å². The molecule has 2 N–H and O–H groups in total. The van der Waals surface area contributed by atoms with Crippen LogP contribution in [0.2, 0.25) is 0 Å². The van der Waals surface area contributed by atoms with Crippen LogP contribution in [0, 0.1) is 0 Å². The maximum atomic E-state index is 9.43. The average Bonchev–Trinajstić information content (AvgIpc) is 2.68. The predicted molar refractivity (Wildman–Crippen MR) is 103 cm³/mol. The van der Waals surface area contributed by atoms with Crippen LogP contribution in [0.4, 0.5) is 5.82 Å². The van der Waals surface area contributed by atoms with E-state index in [1.54, 1.807) is 18.3 Å². The molecular weight excluding hydrogens is 324 g/mol. The largest absolute Gasteiger partial charge is 0.508 e. The quantitative estimate of drug-likeness (QED) is 0.568. The van der Waals surface area contributed by atoms with E-state index < -0.39 is 0 Å². The molecule has 2 heterocycles. The lowest BCUT2D eigenvalue weighted by Crippen LogP contribution is -2.08. The highest BCUT2D eigenvalue weighted by atomic mass is 16.3. The molecule has 1 atom stereocenters. The number of phenolic OH excluding ortho intramolecular Hbond substituents is 1. The fraction of sp³-hybridized carbons (Fsp3) is 0.0952. The molecule has 0 spiro atoms. The van der Waals surface area contributed by atoms with Crippen molar-refractivity contribution in [3.05, 3.63) is 78.5 Å². The summed E-state index contributed by atoms with van der Waals surface area (Å²) in [6, 6.07) is 21.1. The van der Waals surface area contributed by atoms with E-state index in [4.69, 9.17) is 0 Å². The standard InChI is InChI=1S/C21H18N4O/c1-14(15-5-3-2-4-6-15)23-20-12-11-18-21(25-20)24-19(13-22-18)16-7-9-17(26)10-8-16/h2-14,26H,1H3,(H,23,24,25). The van der Waals surface area contributed by atoms with Crippen LogP contribution < -0.4 is 5.32 Å². The van der Waals surface area contributed by atoms with Gasteiger partial charge in [-0.3, -0.25) is 4.98 Å². The summed E-state index contributed by atoms with van der Waals surface area (Å²) in [4.78, 5) is 13.7. The average molecular weight is 342 g/mol. The number of anilines is 1. The molecule has 5 nitrogen and oxygen atoms in total. The summed E-state index contributed by atoms with van der Waals surface area (Å²) in [6.45, 7) is 2.10. The lowest BCUT2D eigenvalue weighted by atomic mass is 10.1. The zero-order valence-electron chi connectivity index (χ0n) is 14.3. The van der Waals surface area contributed by atoms with Gasteiger partial charge in [0.1, 0.15) is 17.1 Å². The van der Waals surface area contributed by atoms with Crippen molar-refractivity contribution in [3.8, 4) is 17.0 Å². The van der Waals surface area contributed by atoms with Crippen LogP contribution >= 0.6 is 0 Å². The molecule has 0 aliphatic carbocycles. The number of nitrogens with one attached hydrogen (secondary N) is 1. The zero-order chi connectivity index (χ0) is 17.9. The number of fused-ring (bicyclic) bond motifs is 1. The highest BCUT2D eigenvalue weighted by Crippen LogP contribution is 2.23. The smallest absolute Gasteiger partial charge is 0.180 e. The molecule has 2 aromatic carbocycles. The number of pyridine rings is 1. The number of nitrogens with zero attached hydrogens (tertiary/aromatic N) is 3. The molecule has 0 radical (unpaired) electrons. The van der Waals surface area contributed by atoms with Crippen molar-refractivity contribution < 1.29 is 5.11 Å². The Kier molecular flexibility index (Phi) is 4.19. The van der Waals surface area contributed by atoms with E-state index in [2.05, 4.69) is 39.3 Å². The Labute approximate surface area is 151 Å². The van der Waals surface area contributed by atoms with Gasteiger partial charge in [-0.05, 0) is 48.9 Å². The predicted octanol–water partition coefficient (Wildman–Crippen LogP) is 4.57. The summed E-state index contributed by atoms with van der Waals surface area (Å²) in [5.74, 6) is 0.980. The van der Waals surface area contributed by atoms with Gasteiger partial charge in [-0.25, -0.2) is 9.97 Å². The van der Waals surface area contributed by atoms with Crippen molar-refractivity contribution in [2.45, 2.75) is 13.0 Å². The molecule has 0 amide bonds. The number of benzene rings is 2. The fourth-order valence-corrected chi connectivity index (χ4v) is 2.80. The first-order chi connectivity index (χ1) is 12.7. The molecular formula is C21H18N4O. The first-order valence-electron chi connectivity index (χ1n) is 8.44. The first-order valence-corrected chi connectivity index (χ1v) is 8.44. The number of hydrogen-bond acceptors (Lipinski definition) is 5. The second-order valence-electron chi connectivity index (χ2n) is 6.12. The molecule has 1 unspecified atom stereocenters. The van der Waals surface area contributed by atoms with Crippen molar-refractivity contribution >= 4 is 17.0 Å². The van der Waals surface area contributed by atoms with Gasteiger partial charge in [-0.1, -0.05) is 30.3 Å². The van der Waals surface area contributed by atoms with E-state index in [1.807, 2.05) is 42.5 Å². The number of rotatable bonds is 4. The number of hydrogen-bond donors (Lipinski definition) is 2. The number of phenols is 1. The molecule has 0 bridgehead atoms. The maximum absolute atomic E-state index is 9.43. The van der Waals surface area contributed by atoms with Crippen LogP contribution in [-0.2, 0) is 0 Å². The van der Waals surface area contributed by atoms with Gasteiger partial charge in [0, 0.05) is 11.6 Å². The molecule has 128 valence electrons. The molecule has 5 heteroatoms. The molecule has 4 aromatic rings. The minimum Gasteiger partial charge on any atom is -0.508 e. The summed E-state index contributed by atoms with van der Waals surface area (Å²) >= 11 is 0. The van der Waals surface area contributed by atoms with Crippen LogP contribution in [0.25, 0.3) is 22.4 Å². The van der Waals surface area contributed by atoms with Crippen molar-refractivity contribution in [1.29, 1.82) is 0 Å². The third kappa shape index (κ3) is 3.32. The van der Waals surface area contributed by atoms with Crippen LogP contribution in [0.3, 0.4) is 0 Å². The summed E-state index contributed by atoms with van der Waals surface area (Å²) in [6.07, 6.45) is 1.72. The van der Waals surface area contributed by atoms with Gasteiger partial charge in [-0.2, -0.15) is 0 Å². The third-order valence-corrected chi connectivity index (χ3v) is 4.23. The van der Waals surface area contributed by atoms with Gasteiger partial charge < -0.3 is 10.4 Å². The normalized spacial score (nSPS) is 12.0. The minimum absolute atomic E-state index is 0.134. The van der Waals surface area contributed by atoms with Crippen LogP contribution in [-0.4, -0.2) is 20.1 Å². The summed E-state index contributed by atoms with van der Waals surface area (Å²) in [5, 5.41) is 12.8. The SMILES string of the molecule is CC(Nc1ccc2ncc(-c3ccc(O)cc3)nc2n1)c1ccccc1. The monoisotopic (exact) mass is 342 g/mol. The summed E-state index contributed by atoms with van der Waals surface area (Å²) in [5.41, 5.74) is 4.12. The Hall–Kier alpha value is -3.47. The van der Waals surface area contributed by atoms with Crippen LogP contribution in [0.15, 0.2) is 72.9 Å². The summed E-state index contributed by atoms with van der Waals surface area (Å²) < 4.78 is 0. The molecule has 0 aliphatic heterocycles. The second-order valence-corrected chi connectivity index (χ2v) is 6.12. The number of aromatic nitrogens is 3. The minimum atomic E-state index is 0.134. The van der Waals surface area contributed by atoms with E-state index in [1.165, 1.54) is 5.56 Å². The van der Waals surface area contributed by atoms with Gasteiger partial charge >= 0.3 is 0 Å². The highest BCUT2D eigenvalue weighted by Gasteiger charge is 2.08. The second kappa shape index (κ2) is 6.80. The van der Waals surface area contributed by atoms with E-state index in [0.29, 0.717) is 5.65 Å². The van der Waals surface area contributed by atoms with Gasteiger partial charge in [0.25, 0.3) is 0 Å². The Morgan fingerprint density at radius 3 is 2.42 bits per heavy atom. The van der Waals surface area contributed by atoms with Crippen molar-refractivity contribution in [3.63, 3.8) is 0 Å². The lowest BCUT2D eigenvalue weighted by Gasteiger charge is -2.15.